The van der Waals surface area contributed by atoms with Crippen molar-refractivity contribution in [1.82, 2.24) is 9.13 Å². The smallest absolute Gasteiger partial charge is 0.333 e. The highest BCUT2D eigenvalue weighted by Gasteiger charge is 2.58. The average Bonchev–Trinajstić information content (AvgIpc) is 3.63. The van der Waals surface area contributed by atoms with Crippen molar-refractivity contribution < 1.29 is 19.3 Å². The van der Waals surface area contributed by atoms with Crippen LogP contribution in [0, 0.1) is 0 Å². The molecule has 8 nitrogen and oxygen atoms in total. The molecule has 0 saturated carbocycles. The van der Waals surface area contributed by atoms with E-state index < -0.39 is 36.0 Å². The Morgan fingerprint density at radius 1 is 0.745 bits per heavy atom. The molecule has 0 aromatic carbocycles. The van der Waals surface area contributed by atoms with Gasteiger partial charge in [-0.1, -0.05) is 126 Å². The SMILES string of the molecule is CCCCCCCCCC1(CCCCCCCCC)O[C@@H]2[C@H](O1)[C@@H](CO)O[C@H]2n1ccc(=O)n(C/C=C(\C)CC/C=C(\C)CCC=C(C)C)c1=O. The molecule has 8 heteroatoms. The van der Waals surface area contributed by atoms with Crippen molar-refractivity contribution in [1.29, 1.82) is 0 Å². The van der Waals surface area contributed by atoms with Gasteiger partial charge in [0.1, 0.15) is 18.3 Å². The molecular formula is C43H72N2O6. The maximum Gasteiger partial charge on any atom is 0.333 e. The fourth-order valence-corrected chi connectivity index (χ4v) is 7.41. The molecule has 0 bridgehead atoms. The van der Waals surface area contributed by atoms with Gasteiger partial charge in [0.2, 0.25) is 0 Å². The Morgan fingerprint density at radius 3 is 1.84 bits per heavy atom. The molecule has 0 spiro atoms. The maximum absolute atomic E-state index is 13.9. The number of ether oxygens (including phenoxy) is 3. The minimum Gasteiger partial charge on any atom is -0.394 e. The lowest BCUT2D eigenvalue weighted by molar-refractivity contribution is -0.228. The van der Waals surface area contributed by atoms with Crippen LogP contribution >= 0.6 is 0 Å². The summed E-state index contributed by atoms with van der Waals surface area (Å²) in [5.41, 5.74) is 3.07. The Morgan fingerprint density at radius 2 is 1.27 bits per heavy atom. The molecule has 1 N–H and O–H groups in total. The van der Waals surface area contributed by atoms with E-state index in [0.717, 1.165) is 69.8 Å². The summed E-state index contributed by atoms with van der Waals surface area (Å²) in [7, 11) is 0. The Labute approximate surface area is 309 Å². The van der Waals surface area contributed by atoms with E-state index in [9.17, 15) is 14.7 Å². The molecule has 2 saturated heterocycles. The number of rotatable bonds is 26. The first-order valence-corrected chi connectivity index (χ1v) is 20.5. The van der Waals surface area contributed by atoms with Gasteiger partial charge in [-0.25, -0.2) is 4.79 Å². The third-order valence-electron chi connectivity index (χ3n) is 10.6. The van der Waals surface area contributed by atoms with E-state index in [1.807, 2.05) is 6.08 Å². The Bertz CT molecular complexity index is 1330. The standard InChI is InChI=1S/C43H72N2O6/c1-7-9-11-13-15-17-19-29-43(30-20-18-16-14-12-10-8-2)50-39-37(33-46)49-41(40(39)51-43)45-32-28-38(47)44(42(45)48)31-27-36(6)26-22-25-35(5)24-21-23-34(3)4/h23,25,27-28,32,37,39-41,46H,7-22,24,26,29-31,33H2,1-6H3/b35-25+,36-27+/t37-,39-,40-,41-/m1/s1. The summed E-state index contributed by atoms with van der Waals surface area (Å²) in [4.78, 5) is 26.8. The van der Waals surface area contributed by atoms with Crippen LogP contribution in [0.15, 0.2) is 56.8 Å². The molecule has 2 fully saturated rings. The van der Waals surface area contributed by atoms with Crippen molar-refractivity contribution in [2.45, 2.75) is 207 Å². The van der Waals surface area contributed by atoms with Crippen LogP contribution in [0.4, 0.5) is 0 Å². The van der Waals surface area contributed by atoms with Crippen LogP contribution in [-0.4, -0.2) is 44.9 Å². The van der Waals surface area contributed by atoms with Crippen molar-refractivity contribution in [3.8, 4) is 0 Å². The number of allylic oxidation sites excluding steroid dienone is 6. The molecule has 0 amide bonds. The fourth-order valence-electron chi connectivity index (χ4n) is 7.41. The van der Waals surface area contributed by atoms with Crippen molar-refractivity contribution in [2.24, 2.45) is 0 Å². The first-order chi connectivity index (χ1) is 24.6. The second-order valence-corrected chi connectivity index (χ2v) is 15.5. The lowest BCUT2D eigenvalue weighted by atomic mass is 9.98. The molecule has 290 valence electrons. The predicted octanol–water partition coefficient (Wildman–Crippen LogP) is 10.1. The zero-order valence-electron chi connectivity index (χ0n) is 33.1. The molecule has 1 aromatic rings. The van der Waals surface area contributed by atoms with Crippen LogP contribution in [0.2, 0.25) is 0 Å². The zero-order valence-corrected chi connectivity index (χ0v) is 33.1. The number of hydrogen-bond donors (Lipinski definition) is 1. The number of nitrogens with zero attached hydrogens (tertiary/aromatic N) is 2. The number of fused-ring (bicyclic) bond motifs is 1. The van der Waals surface area contributed by atoms with Gasteiger partial charge in [0, 0.05) is 31.6 Å². The van der Waals surface area contributed by atoms with Crippen molar-refractivity contribution in [3.63, 3.8) is 0 Å². The van der Waals surface area contributed by atoms with E-state index in [1.165, 1.54) is 96.8 Å². The minimum absolute atomic E-state index is 0.190. The maximum atomic E-state index is 13.9. The minimum atomic E-state index is -0.791. The van der Waals surface area contributed by atoms with E-state index in [0.29, 0.717) is 0 Å². The van der Waals surface area contributed by atoms with Gasteiger partial charge >= 0.3 is 5.69 Å². The van der Waals surface area contributed by atoms with Crippen LogP contribution in [-0.2, 0) is 20.8 Å². The van der Waals surface area contributed by atoms with Crippen LogP contribution < -0.4 is 11.2 Å². The van der Waals surface area contributed by atoms with E-state index >= 15 is 0 Å². The molecule has 2 aliphatic heterocycles. The highest BCUT2D eigenvalue weighted by molar-refractivity contribution is 5.06. The number of hydrogen-bond acceptors (Lipinski definition) is 6. The summed E-state index contributed by atoms with van der Waals surface area (Å²) in [5.74, 6) is -0.756. The van der Waals surface area contributed by atoms with Crippen molar-refractivity contribution >= 4 is 0 Å². The summed E-state index contributed by atoms with van der Waals surface area (Å²) in [6.45, 7) is 12.9. The molecule has 51 heavy (non-hydrogen) atoms. The lowest BCUT2D eigenvalue weighted by Gasteiger charge is -2.31. The molecular weight excluding hydrogens is 640 g/mol. The largest absolute Gasteiger partial charge is 0.394 e. The normalized spacial score (nSPS) is 21.7. The highest BCUT2D eigenvalue weighted by Crippen LogP contribution is 2.46. The molecule has 0 aliphatic carbocycles. The average molecular weight is 713 g/mol. The molecule has 2 aliphatic rings. The van der Waals surface area contributed by atoms with Crippen molar-refractivity contribution in [2.75, 3.05) is 6.61 Å². The van der Waals surface area contributed by atoms with Crippen LogP contribution in [0.1, 0.15) is 176 Å². The van der Waals surface area contributed by atoms with Gasteiger partial charge in [-0.2, -0.15) is 0 Å². The van der Waals surface area contributed by atoms with E-state index in [-0.39, 0.29) is 18.7 Å². The summed E-state index contributed by atoms with van der Waals surface area (Å²) in [6.07, 6.45) is 28.0. The van der Waals surface area contributed by atoms with Gasteiger partial charge in [-0.3, -0.25) is 13.9 Å². The summed E-state index contributed by atoms with van der Waals surface area (Å²) in [5, 5.41) is 10.3. The van der Waals surface area contributed by atoms with Gasteiger partial charge in [0.05, 0.1) is 6.61 Å². The van der Waals surface area contributed by atoms with Crippen molar-refractivity contribution in [3.05, 3.63) is 68.0 Å². The Hall–Kier alpha value is -2.26. The fraction of sp³-hybridized carbons (Fsp3) is 0.767. The monoisotopic (exact) mass is 713 g/mol. The second-order valence-electron chi connectivity index (χ2n) is 15.5. The molecule has 3 heterocycles. The predicted molar refractivity (Wildman–Crippen MR) is 209 cm³/mol. The number of aromatic nitrogens is 2. The quantitative estimate of drug-likeness (QED) is 0.0760. The topological polar surface area (TPSA) is 91.9 Å². The van der Waals surface area contributed by atoms with E-state index in [4.69, 9.17) is 14.2 Å². The molecule has 3 rings (SSSR count). The van der Waals surface area contributed by atoms with E-state index in [1.54, 1.807) is 0 Å². The zero-order chi connectivity index (χ0) is 37.1. The van der Waals surface area contributed by atoms with E-state index in [2.05, 4.69) is 53.7 Å². The summed E-state index contributed by atoms with van der Waals surface area (Å²) >= 11 is 0. The molecule has 0 unspecified atom stereocenters. The van der Waals surface area contributed by atoms with Gasteiger partial charge in [-0.15, -0.1) is 0 Å². The Balaban J connectivity index is 1.71. The third kappa shape index (κ3) is 14.2. The number of aliphatic hydroxyl groups is 1. The van der Waals surface area contributed by atoms with Crippen LogP contribution in [0.5, 0.6) is 0 Å². The number of aliphatic hydroxyl groups excluding tert-OH is 1. The highest BCUT2D eigenvalue weighted by atomic mass is 16.8. The van der Waals surface area contributed by atoms with Gasteiger partial charge in [0.15, 0.2) is 12.0 Å². The van der Waals surface area contributed by atoms with Crippen LogP contribution in [0.3, 0.4) is 0 Å². The summed E-state index contributed by atoms with van der Waals surface area (Å²) in [6, 6.07) is 1.42. The third-order valence-corrected chi connectivity index (χ3v) is 10.6. The van der Waals surface area contributed by atoms with Gasteiger partial charge in [-0.05, 0) is 66.2 Å². The molecule has 4 atom stereocenters. The van der Waals surface area contributed by atoms with Gasteiger partial charge in [0.25, 0.3) is 5.56 Å². The first-order valence-electron chi connectivity index (χ1n) is 20.5. The summed E-state index contributed by atoms with van der Waals surface area (Å²) < 4.78 is 22.6. The lowest BCUT2D eigenvalue weighted by Crippen LogP contribution is -2.43. The van der Waals surface area contributed by atoms with Gasteiger partial charge < -0.3 is 19.3 Å². The van der Waals surface area contributed by atoms with Crippen LogP contribution in [0.25, 0.3) is 0 Å². The molecule has 0 radical (unpaired) electrons. The second kappa shape index (κ2) is 23.4. The first kappa shape index (κ1) is 43.1. The number of unbranched alkanes of at least 4 members (excludes halogenated alkanes) is 12. The molecule has 1 aromatic heterocycles. The Kier molecular flexibility index (Phi) is 19.8.